The maximum Gasteiger partial charge on any atom is 0.460 e. The van der Waals surface area contributed by atoms with Gasteiger partial charge in [0.2, 0.25) is 0 Å². The maximum atomic E-state index is 13.7. The number of rotatable bonds is 14. The van der Waals surface area contributed by atoms with Crippen molar-refractivity contribution in [1.29, 1.82) is 0 Å². The number of nitroso groups, excluding NO2 is 1. The van der Waals surface area contributed by atoms with E-state index in [9.17, 15) is 141 Å². The van der Waals surface area contributed by atoms with Gasteiger partial charge in [-0.05, 0) is 0 Å². The fourth-order valence-corrected chi connectivity index (χ4v) is 2.59. The van der Waals surface area contributed by atoms with Gasteiger partial charge in [-0.1, -0.05) is 0 Å². The van der Waals surface area contributed by atoms with Crippen molar-refractivity contribution in [1.82, 2.24) is 0 Å². The predicted molar refractivity (Wildman–Crippen MR) is 81.1 cm³/mol. The molecule has 0 N–H and O–H groups in total. The second-order valence-electron chi connectivity index (χ2n) is 8.60. The van der Waals surface area contributed by atoms with Crippen LogP contribution in [0.5, 0.6) is 0 Å². The molecule has 0 unspecified atom stereocenters. The summed E-state index contributed by atoms with van der Waals surface area (Å²) in [5.74, 6) is -125. The summed E-state index contributed by atoms with van der Waals surface area (Å²) in [5.41, 5.74) is 0. The SMILES string of the molecule is O=NC(F)(F)C(F)(F)C(F)(F)C(F)(F)C(F)(F)C(F)(F)C(F)(F)C(F)(F)C(F)(F)C(F)(F)C(F)(F)C(F)(F)C(F)(F)C(F)(F)C(F)(F)F. The average Bonchev–Trinajstić information content (AvgIpc) is 2.86. The third-order valence-electron chi connectivity index (χ3n) is 5.58. The molecule has 0 heterocycles. The van der Waals surface area contributed by atoms with Gasteiger partial charge >= 0.3 is 89.2 Å². The Bertz CT molecular complexity index is 1200. The van der Waals surface area contributed by atoms with Crippen LogP contribution in [0.3, 0.4) is 0 Å². The maximum absolute atomic E-state index is 13.7. The van der Waals surface area contributed by atoms with Gasteiger partial charge in [0, 0.05) is 5.18 Å². The Labute approximate surface area is 237 Å². The van der Waals surface area contributed by atoms with Crippen LogP contribution in [0, 0.1) is 4.91 Å². The van der Waals surface area contributed by atoms with E-state index in [0.717, 1.165) is 0 Å². The van der Waals surface area contributed by atoms with Gasteiger partial charge in [-0.15, -0.1) is 4.91 Å². The first-order chi connectivity index (χ1) is 20.1. The number of alkyl halides is 31. The molecule has 0 aliphatic rings. The Balaban J connectivity index is 7.65. The molecule has 0 amide bonds. The zero-order valence-electron chi connectivity index (χ0n) is 20.1. The summed E-state index contributed by atoms with van der Waals surface area (Å²) in [5, 5.41) is -0.373. The summed E-state index contributed by atoms with van der Waals surface area (Å²) < 4.78 is 409. The highest BCUT2D eigenvalue weighted by atomic mass is 19.4. The Morgan fingerprint density at radius 1 is 0.208 bits per heavy atom. The van der Waals surface area contributed by atoms with Gasteiger partial charge in [-0.25, -0.2) is 0 Å². The Kier molecular flexibility index (Phi) is 10.1. The normalized spacial score (nSPS) is 17.1. The van der Waals surface area contributed by atoms with E-state index < -0.39 is 89.2 Å². The van der Waals surface area contributed by atoms with Crippen molar-refractivity contribution in [2.75, 3.05) is 0 Å². The van der Waals surface area contributed by atoms with Crippen LogP contribution in [0.2, 0.25) is 0 Å². The van der Waals surface area contributed by atoms with Crippen LogP contribution in [-0.4, -0.2) is 89.2 Å². The van der Waals surface area contributed by atoms with Gasteiger partial charge < -0.3 is 0 Å². The minimum Gasteiger partial charge on any atom is -0.192 e. The molecule has 0 fully saturated rings. The van der Waals surface area contributed by atoms with E-state index in [2.05, 4.69) is 0 Å². The van der Waals surface area contributed by atoms with Gasteiger partial charge in [-0.2, -0.15) is 136 Å². The summed E-state index contributed by atoms with van der Waals surface area (Å²) in [6, 6.07) is -7.74. The van der Waals surface area contributed by atoms with Crippen LogP contribution >= 0.6 is 0 Å². The second kappa shape index (κ2) is 10.7. The third-order valence-corrected chi connectivity index (χ3v) is 5.58. The molecule has 0 saturated heterocycles. The van der Waals surface area contributed by atoms with Gasteiger partial charge in [0.1, 0.15) is 0 Å². The summed E-state index contributed by atoms with van der Waals surface area (Å²) >= 11 is 0. The molecule has 0 atom stereocenters. The Morgan fingerprint density at radius 2 is 0.333 bits per heavy atom. The fourth-order valence-electron chi connectivity index (χ4n) is 2.59. The van der Waals surface area contributed by atoms with E-state index in [0.29, 0.717) is 0 Å². The highest BCUT2D eigenvalue weighted by Gasteiger charge is 3.01. The van der Waals surface area contributed by atoms with Crippen LogP contribution in [0.4, 0.5) is 136 Å². The molecule has 33 heteroatoms. The van der Waals surface area contributed by atoms with Crippen molar-refractivity contribution < 1.29 is 136 Å². The van der Waals surface area contributed by atoms with Crippen LogP contribution in [0.15, 0.2) is 5.18 Å². The van der Waals surface area contributed by atoms with E-state index >= 15 is 0 Å². The van der Waals surface area contributed by atoms with Gasteiger partial charge in [0.05, 0.1) is 0 Å². The average molecular weight is 799 g/mol. The molecule has 0 saturated carbocycles. The Morgan fingerprint density at radius 3 is 0.458 bits per heavy atom. The van der Waals surface area contributed by atoms with Crippen LogP contribution in [-0.2, 0) is 0 Å². The highest BCUT2D eigenvalue weighted by Crippen LogP contribution is 2.69. The number of hydrogen-bond donors (Lipinski definition) is 0. The second-order valence-corrected chi connectivity index (χ2v) is 8.60. The van der Waals surface area contributed by atoms with Crippen LogP contribution in [0.1, 0.15) is 0 Å². The van der Waals surface area contributed by atoms with Gasteiger partial charge in [0.15, 0.2) is 0 Å². The summed E-state index contributed by atoms with van der Waals surface area (Å²) in [6.45, 7) is 0. The molecule has 0 aliphatic carbocycles. The van der Waals surface area contributed by atoms with E-state index in [1.54, 1.807) is 0 Å². The standard InChI is InChI=1S/C15F31NO/c16-1(17,2(18,19)4(22,23)6(26,27)8(30,31)10(34,35)12(38,39)14(42,43)44)3(20,21)5(24,25)7(28,29)9(32,33)11(36,37)13(40,41)15(45,46)47-48. The lowest BCUT2D eigenvalue weighted by Gasteiger charge is -2.46. The topological polar surface area (TPSA) is 29.4 Å². The van der Waals surface area contributed by atoms with Crippen molar-refractivity contribution in [3.8, 4) is 0 Å². The predicted octanol–water partition coefficient (Wildman–Crippen LogP) is 10.2. The molecule has 0 aromatic rings. The largest absolute Gasteiger partial charge is 0.460 e. The zero-order valence-corrected chi connectivity index (χ0v) is 20.1. The highest BCUT2D eigenvalue weighted by molar-refractivity contribution is 5.21. The smallest absolute Gasteiger partial charge is 0.192 e. The van der Waals surface area contributed by atoms with E-state index in [1.165, 1.54) is 0 Å². The van der Waals surface area contributed by atoms with Gasteiger partial charge in [-0.3, -0.25) is 0 Å². The molecule has 0 radical (unpaired) electrons. The summed E-state index contributed by atoms with van der Waals surface area (Å²) in [4.78, 5) is 9.48. The monoisotopic (exact) mass is 799 g/mol. The molecule has 0 bridgehead atoms. The number of hydrogen-bond acceptors (Lipinski definition) is 2. The minimum absolute atomic E-state index is 0.373. The lowest BCUT2D eigenvalue weighted by atomic mass is 9.83. The van der Waals surface area contributed by atoms with Crippen LogP contribution in [0.25, 0.3) is 0 Å². The molecule has 0 aromatic heterocycles. The van der Waals surface area contributed by atoms with E-state index in [4.69, 9.17) is 0 Å². The first-order valence-electron chi connectivity index (χ1n) is 9.76. The van der Waals surface area contributed by atoms with Crippen LogP contribution < -0.4 is 0 Å². The molecule has 288 valence electrons. The van der Waals surface area contributed by atoms with Crippen molar-refractivity contribution >= 4 is 0 Å². The first-order valence-corrected chi connectivity index (χ1v) is 9.76. The van der Waals surface area contributed by atoms with Crippen molar-refractivity contribution in [3.63, 3.8) is 0 Å². The van der Waals surface area contributed by atoms with E-state index in [1.807, 2.05) is 0 Å². The lowest BCUT2D eigenvalue weighted by molar-refractivity contribution is -0.489. The van der Waals surface area contributed by atoms with Crippen molar-refractivity contribution in [2.24, 2.45) is 5.18 Å². The molecular formula is C15F31NO. The molecular weight excluding hydrogens is 799 g/mol. The van der Waals surface area contributed by atoms with E-state index in [-0.39, 0.29) is 5.18 Å². The zero-order chi connectivity index (χ0) is 40.2. The number of nitrogens with zero attached hydrogens (tertiary/aromatic N) is 1. The molecule has 0 spiro atoms. The van der Waals surface area contributed by atoms with Crippen molar-refractivity contribution in [2.45, 2.75) is 89.2 Å². The number of halogens is 31. The molecule has 2 nitrogen and oxygen atoms in total. The van der Waals surface area contributed by atoms with Gasteiger partial charge in [0.25, 0.3) is 0 Å². The summed E-state index contributed by atoms with van der Waals surface area (Å²) in [7, 11) is 0. The molecule has 0 rings (SSSR count). The molecule has 48 heavy (non-hydrogen) atoms. The molecule has 0 aliphatic heterocycles. The lowest BCUT2D eigenvalue weighted by Crippen LogP contribution is -2.79. The fraction of sp³-hybridized carbons (Fsp3) is 1.00. The Hall–Kier alpha value is -2.57. The third kappa shape index (κ3) is 4.89. The minimum atomic E-state index is -10.1. The quantitative estimate of drug-likeness (QED) is 0.0978. The first kappa shape index (κ1) is 45.4. The van der Waals surface area contributed by atoms with Crippen molar-refractivity contribution in [3.05, 3.63) is 4.91 Å². The molecule has 0 aromatic carbocycles. The summed E-state index contributed by atoms with van der Waals surface area (Å²) in [6.07, 6.45) is -8.35.